The number of thiophene rings is 1. The number of hydrogen-bond acceptors (Lipinski definition) is 4. The van der Waals surface area contributed by atoms with E-state index in [0.29, 0.717) is 4.88 Å². The summed E-state index contributed by atoms with van der Waals surface area (Å²) in [5, 5.41) is 5.29. The van der Waals surface area contributed by atoms with Crippen molar-refractivity contribution in [2.45, 2.75) is 13.8 Å². The molecule has 0 N–H and O–H groups in total. The fourth-order valence-corrected chi connectivity index (χ4v) is 3.80. The van der Waals surface area contributed by atoms with Gasteiger partial charge >= 0.3 is 0 Å². The van der Waals surface area contributed by atoms with Gasteiger partial charge in [0.15, 0.2) is 0 Å². The van der Waals surface area contributed by atoms with Crippen molar-refractivity contribution in [3.63, 3.8) is 0 Å². The van der Waals surface area contributed by atoms with Crippen LogP contribution in [0.5, 0.6) is 0 Å². The van der Waals surface area contributed by atoms with Crippen molar-refractivity contribution in [2.75, 3.05) is 0 Å². The fourth-order valence-electron chi connectivity index (χ4n) is 2.74. The van der Waals surface area contributed by atoms with E-state index in [4.69, 9.17) is 0 Å². The molecule has 23 heavy (non-hydrogen) atoms. The van der Waals surface area contributed by atoms with Gasteiger partial charge < -0.3 is 4.57 Å². The first-order valence-electron chi connectivity index (χ1n) is 7.24. The zero-order valence-electron chi connectivity index (χ0n) is 12.7. The van der Waals surface area contributed by atoms with Crippen LogP contribution in [0.25, 0.3) is 15.9 Å². The molecule has 0 aromatic carbocycles. The van der Waals surface area contributed by atoms with E-state index in [2.05, 4.69) is 10.1 Å². The van der Waals surface area contributed by atoms with E-state index in [0.717, 1.165) is 27.3 Å². The summed E-state index contributed by atoms with van der Waals surface area (Å²) in [7, 11) is 0. The molecule has 0 saturated carbocycles. The fraction of sp³-hybridized carbons (Fsp3) is 0.118. The summed E-state index contributed by atoms with van der Waals surface area (Å²) in [6.07, 6.45) is 5.62. The van der Waals surface area contributed by atoms with Crippen molar-refractivity contribution >= 4 is 27.5 Å². The number of aromatic nitrogens is 4. The van der Waals surface area contributed by atoms with E-state index < -0.39 is 0 Å². The molecule has 0 bridgehead atoms. The van der Waals surface area contributed by atoms with Crippen LogP contribution >= 0.6 is 11.3 Å². The molecule has 114 valence electrons. The van der Waals surface area contributed by atoms with Gasteiger partial charge in [0.2, 0.25) is 0 Å². The Labute approximate surface area is 136 Å². The zero-order valence-corrected chi connectivity index (χ0v) is 13.5. The quantitative estimate of drug-likeness (QED) is 0.567. The maximum Gasteiger partial charge on any atom is 0.290 e. The van der Waals surface area contributed by atoms with E-state index in [1.807, 2.05) is 61.1 Å². The van der Waals surface area contributed by atoms with E-state index in [9.17, 15) is 4.79 Å². The third-order valence-corrected chi connectivity index (χ3v) is 4.79. The van der Waals surface area contributed by atoms with Crippen molar-refractivity contribution in [1.82, 2.24) is 19.3 Å². The molecule has 0 aliphatic rings. The highest BCUT2D eigenvalue weighted by Crippen LogP contribution is 2.33. The zero-order chi connectivity index (χ0) is 16.0. The summed E-state index contributed by atoms with van der Waals surface area (Å²) in [5.74, 6) is -0.123. The number of rotatable bonds is 2. The molecule has 0 fully saturated rings. The summed E-state index contributed by atoms with van der Waals surface area (Å²) < 4.78 is 3.42. The molecule has 0 saturated heterocycles. The summed E-state index contributed by atoms with van der Waals surface area (Å²) in [6.45, 7) is 3.77. The number of pyridine rings is 1. The molecule has 4 aromatic rings. The lowest BCUT2D eigenvalue weighted by atomic mass is 10.2. The van der Waals surface area contributed by atoms with Crippen molar-refractivity contribution in [1.29, 1.82) is 0 Å². The van der Waals surface area contributed by atoms with Gasteiger partial charge in [-0.3, -0.25) is 4.79 Å². The van der Waals surface area contributed by atoms with Crippen molar-refractivity contribution in [2.24, 2.45) is 0 Å². The molecule has 0 aliphatic carbocycles. The highest BCUT2D eigenvalue weighted by atomic mass is 32.1. The predicted molar refractivity (Wildman–Crippen MR) is 90.4 cm³/mol. The van der Waals surface area contributed by atoms with E-state index in [1.165, 1.54) is 16.0 Å². The third-order valence-electron chi connectivity index (χ3n) is 3.70. The molecule has 0 radical (unpaired) electrons. The number of nitrogens with zero attached hydrogens (tertiary/aromatic N) is 4. The minimum Gasteiger partial charge on any atom is -0.322 e. The Balaban J connectivity index is 1.98. The lowest BCUT2D eigenvalue weighted by Crippen LogP contribution is -2.15. The highest BCUT2D eigenvalue weighted by Gasteiger charge is 2.23. The Morgan fingerprint density at radius 1 is 1.17 bits per heavy atom. The smallest absolute Gasteiger partial charge is 0.290 e. The summed E-state index contributed by atoms with van der Waals surface area (Å²) in [6, 6.07) is 9.67. The molecular formula is C17H14N4OS. The number of fused-ring (bicyclic) bond motifs is 1. The van der Waals surface area contributed by atoms with Crippen LogP contribution in [-0.2, 0) is 0 Å². The summed E-state index contributed by atoms with van der Waals surface area (Å²) in [5.41, 5.74) is 2.52. The highest BCUT2D eigenvalue weighted by molar-refractivity contribution is 7.21. The van der Waals surface area contributed by atoms with Crippen LogP contribution in [-0.4, -0.2) is 25.2 Å². The van der Waals surface area contributed by atoms with Gasteiger partial charge in [0, 0.05) is 29.7 Å². The molecule has 0 spiro atoms. The molecule has 0 amide bonds. The van der Waals surface area contributed by atoms with Gasteiger partial charge in [0.1, 0.15) is 9.71 Å². The van der Waals surface area contributed by atoms with Gasteiger partial charge in [-0.2, -0.15) is 5.10 Å². The number of hydrogen-bond donors (Lipinski definition) is 0. The van der Waals surface area contributed by atoms with E-state index >= 15 is 0 Å². The molecule has 4 rings (SSSR count). The van der Waals surface area contributed by atoms with Gasteiger partial charge in [-0.1, -0.05) is 0 Å². The maximum atomic E-state index is 13.0. The lowest BCUT2D eigenvalue weighted by Gasteiger charge is -2.06. The topological polar surface area (TPSA) is 52.7 Å². The Morgan fingerprint density at radius 3 is 2.65 bits per heavy atom. The second-order valence-corrected chi connectivity index (χ2v) is 6.37. The van der Waals surface area contributed by atoms with E-state index in [-0.39, 0.29) is 5.91 Å². The number of aryl methyl sites for hydroxylation is 2. The first-order valence-corrected chi connectivity index (χ1v) is 8.05. The third kappa shape index (κ3) is 2.19. The molecule has 0 atom stereocenters. The molecule has 4 aromatic heterocycles. The average Bonchev–Trinajstić information content (AvgIpc) is 3.24. The number of carbonyl (C=O) groups excluding carboxylic acids is 1. The van der Waals surface area contributed by atoms with Crippen LogP contribution in [0.3, 0.4) is 0 Å². The Bertz CT molecular complexity index is 1010. The molecule has 0 unspecified atom stereocenters. The molecule has 4 heterocycles. The Hall–Kier alpha value is -2.73. The summed E-state index contributed by atoms with van der Waals surface area (Å²) >= 11 is 1.40. The first-order chi connectivity index (χ1) is 11.1. The predicted octanol–water partition coefficient (Wildman–Crippen LogP) is 3.59. The maximum absolute atomic E-state index is 13.0. The van der Waals surface area contributed by atoms with Gasteiger partial charge in [-0.05, 0) is 44.2 Å². The van der Waals surface area contributed by atoms with Crippen LogP contribution in [0, 0.1) is 13.8 Å². The number of carbonyl (C=O) groups is 1. The van der Waals surface area contributed by atoms with Crippen LogP contribution in [0.2, 0.25) is 0 Å². The molecular weight excluding hydrogens is 308 g/mol. The van der Waals surface area contributed by atoms with Crippen molar-refractivity contribution < 1.29 is 4.79 Å². The monoisotopic (exact) mass is 322 g/mol. The second kappa shape index (κ2) is 5.17. The minimum absolute atomic E-state index is 0.123. The lowest BCUT2D eigenvalue weighted by molar-refractivity contribution is 0.0946. The normalized spacial score (nSPS) is 11.2. The van der Waals surface area contributed by atoms with Crippen LogP contribution in [0.1, 0.15) is 21.1 Å². The van der Waals surface area contributed by atoms with Crippen LogP contribution < -0.4 is 0 Å². The average molecular weight is 322 g/mol. The van der Waals surface area contributed by atoms with Crippen molar-refractivity contribution in [3.8, 4) is 5.69 Å². The van der Waals surface area contributed by atoms with Gasteiger partial charge in [-0.15, -0.1) is 11.3 Å². The molecule has 0 aliphatic heterocycles. The Kier molecular flexibility index (Phi) is 3.12. The standard InChI is InChI=1S/C17H14N4OS/c1-11-10-12(2)21(19-11)17(22)15-14(20-8-3-4-9-20)13-6-5-7-18-16(13)23-15/h3-10H,1-2H3. The van der Waals surface area contributed by atoms with Crippen molar-refractivity contribution in [3.05, 3.63) is 65.2 Å². The minimum atomic E-state index is -0.123. The largest absolute Gasteiger partial charge is 0.322 e. The molecule has 5 nitrogen and oxygen atoms in total. The first kappa shape index (κ1) is 13.9. The van der Waals surface area contributed by atoms with E-state index in [1.54, 1.807) is 6.20 Å². The van der Waals surface area contributed by atoms with Gasteiger partial charge in [0.05, 0.1) is 11.4 Å². The van der Waals surface area contributed by atoms with Crippen LogP contribution in [0.15, 0.2) is 48.9 Å². The molecule has 6 heteroatoms. The van der Waals surface area contributed by atoms with Gasteiger partial charge in [-0.25, -0.2) is 9.67 Å². The van der Waals surface area contributed by atoms with Gasteiger partial charge in [0.25, 0.3) is 5.91 Å². The summed E-state index contributed by atoms with van der Waals surface area (Å²) in [4.78, 5) is 18.9. The Morgan fingerprint density at radius 2 is 1.96 bits per heavy atom. The second-order valence-electron chi connectivity index (χ2n) is 5.37. The SMILES string of the molecule is Cc1cc(C)n(C(=O)c2sc3ncccc3c2-n2cccc2)n1. The van der Waals surface area contributed by atoms with Crippen LogP contribution in [0.4, 0.5) is 0 Å².